The first-order chi connectivity index (χ1) is 9.19. The summed E-state index contributed by atoms with van der Waals surface area (Å²) in [7, 11) is 0. The first-order valence-corrected chi connectivity index (χ1v) is 6.18. The molecular formula is C13H6BrFN4. The maximum absolute atomic E-state index is 13.1. The molecule has 0 saturated carbocycles. The molecular weight excluding hydrogens is 311 g/mol. The molecule has 0 aliphatic carbocycles. The summed E-state index contributed by atoms with van der Waals surface area (Å²) in [6.45, 7) is 0. The number of halogens is 2. The molecule has 19 heavy (non-hydrogen) atoms. The molecule has 0 amide bonds. The summed E-state index contributed by atoms with van der Waals surface area (Å²) in [5.74, 6) is 0.223. The van der Waals surface area contributed by atoms with E-state index in [1.807, 2.05) is 0 Å². The molecule has 0 unspecified atom stereocenters. The number of hydrogen-bond acceptors (Lipinski definition) is 3. The maximum Gasteiger partial charge on any atom is 0.169 e. The van der Waals surface area contributed by atoms with Crippen molar-refractivity contribution in [3.8, 4) is 17.5 Å². The summed E-state index contributed by atoms with van der Waals surface area (Å²) < 4.78 is 15.4. The average Bonchev–Trinajstić information content (AvgIpc) is 2.81. The summed E-state index contributed by atoms with van der Waals surface area (Å²) in [4.78, 5) is 0. The Hall–Kier alpha value is -2.26. The highest BCUT2D eigenvalue weighted by Gasteiger charge is 2.12. The molecule has 0 fully saturated rings. The van der Waals surface area contributed by atoms with Gasteiger partial charge in [-0.1, -0.05) is 0 Å². The van der Waals surface area contributed by atoms with Crippen LogP contribution >= 0.6 is 15.9 Å². The summed E-state index contributed by atoms with van der Waals surface area (Å²) >= 11 is 3.30. The molecule has 2 heterocycles. The minimum absolute atomic E-state index is 0.331. The minimum atomic E-state index is -0.331. The lowest BCUT2D eigenvalue weighted by molar-refractivity contribution is 0.627. The molecule has 1 aromatic carbocycles. The molecule has 92 valence electrons. The number of fused-ring (bicyclic) bond motifs is 1. The molecule has 3 aromatic rings. The van der Waals surface area contributed by atoms with E-state index in [0.717, 1.165) is 0 Å². The van der Waals surface area contributed by atoms with Crippen LogP contribution in [0.5, 0.6) is 0 Å². The number of aromatic nitrogens is 3. The summed E-state index contributed by atoms with van der Waals surface area (Å²) in [5.41, 5.74) is 1.85. The highest BCUT2D eigenvalue weighted by molar-refractivity contribution is 9.10. The smallest absolute Gasteiger partial charge is 0.169 e. The van der Waals surface area contributed by atoms with Crippen molar-refractivity contribution in [2.45, 2.75) is 0 Å². The lowest BCUT2D eigenvalue weighted by Gasteiger charge is -2.03. The van der Waals surface area contributed by atoms with Gasteiger partial charge in [0.2, 0.25) is 0 Å². The van der Waals surface area contributed by atoms with E-state index in [2.05, 4.69) is 32.2 Å². The SMILES string of the molecule is N#Cc1ccc2nnc(-c3ccc(F)cc3Br)n2c1. The van der Waals surface area contributed by atoms with Gasteiger partial charge in [-0.15, -0.1) is 10.2 Å². The molecule has 0 atom stereocenters. The zero-order chi connectivity index (χ0) is 13.4. The van der Waals surface area contributed by atoms with Crippen LogP contribution in [0.4, 0.5) is 4.39 Å². The van der Waals surface area contributed by atoms with Crippen LogP contribution in [-0.2, 0) is 0 Å². The van der Waals surface area contributed by atoms with Gasteiger partial charge in [0.1, 0.15) is 11.9 Å². The Morgan fingerprint density at radius 3 is 2.79 bits per heavy atom. The van der Waals surface area contributed by atoms with Crippen molar-refractivity contribution < 1.29 is 4.39 Å². The molecule has 0 N–H and O–H groups in total. The number of nitriles is 1. The lowest BCUT2D eigenvalue weighted by atomic mass is 10.2. The van der Waals surface area contributed by atoms with Gasteiger partial charge in [0, 0.05) is 16.2 Å². The predicted octanol–water partition coefficient (Wildman–Crippen LogP) is 3.17. The van der Waals surface area contributed by atoms with Gasteiger partial charge in [-0.2, -0.15) is 5.26 Å². The van der Waals surface area contributed by atoms with E-state index >= 15 is 0 Å². The third-order valence-electron chi connectivity index (χ3n) is 2.70. The van der Waals surface area contributed by atoms with Gasteiger partial charge in [0.25, 0.3) is 0 Å². The molecule has 6 heteroatoms. The monoisotopic (exact) mass is 316 g/mol. The lowest BCUT2D eigenvalue weighted by Crippen LogP contribution is -1.92. The summed E-state index contributed by atoms with van der Waals surface area (Å²) in [5, 5.41) is 17.0. The summed E-state index contributed by atoms with van der Waals surface area (Å²) in [6, 6.07) is 9.79. The van der Waals surface area contributed by atoms with Gasteiger partial charge in [-0.25, -0.2) is 4.39 Å². The molecule has 0 aliphatic rings. The van der Waals surface area contributed by atoms with Crippen molar-refractivity contribution in [2.75, 3.05) is 0 Å². The Bertz CT molecular complexity index is 819. The first kappa shape index (κ1) is 11.8. The molecule has 4 nitrogen and oxygen atoms in total. The van der Waals surface area contributed by atoms with Crippen LogP contribution in [0.15, 0.2) is 41.0 Å². The van der Waals surface area contributed by atoms with Crippen molar-refractivity contribution in [3.05, 3.63) is 52.4 Å². The van der Waals surface area contributed by atoms with Gasteiger partial charge in [0.05, 0.1) is 5.56 Å². The van der Waals surface area contributed by atoms with Gasteiger partial charge in [-0.05, 0) is 46.3 Å². The molecule has 0 radical (unpaired) electrons. The fourth-order valence-corrected chi connectivity index (χ4v) is 2.34. The van der Waals surface area contributed by atoms with Crippen LogP contribution in [-0.4, -0.2) is 14.6 Å². The quantitative estimate of drug-likeness (QED) is 0.693. The fourth-order valence-electron chi connectivity index (χ4n) is 1.81. The van der Waals surface area contributed by atoms with Crippen LogP contribution in [0.25, 0.3) is 17.0 Å². The van der Waals surface area contributed by atoms with E-state index in [1.165, 1.54) is 12.1 Å². The maximum atomic E-state index is 13.1. The zero-order valence-electron chi connectivity index (χ0n) is 9.51. The molecule has 3 rings (SSSR count). The van der Waals surface area contributed by atoms with Crippen molar-refractivity contribution in [1.82, 2.24) is 14.6 Å². The van der Waals surface area contributed by atoms with Crippen LogP contribution in [0.3, 0.4) is 0 Å². The van der Waals surface area contributed by atoms with E-state index in [-0.39, 0.29) is 5.82 Å². The second-order valence-electron chi connectivity index (χ2n) is 3.91. The normalized spacial score (nSPS) is 10.6. The topological polar surface area (TPSA) is 54.0 Å². The highest BCUT2D eigenvalue weighted by Crippen LogP contribution is 2.28. The Kier molecular flexibility index (Phi) is 2.76. The van der Waals surface area contributed by atoms with E-state index in [4.69, 9.17) is 5.26 Å². The van der Waals surface area contributed by atoms with Crippen molar-refractivity contribution >= 4 is 21.6 Å². The Labute approximate surface area is 116 Å². The van der Waals surface area contributed by atoms with Crippen molar-refractivity contribution in [1.29, 1.82) is 5.26 Å². The third-order valence-corrected chi connectivity index (χ3v) is 3.36. The van der Waals surface area contributed by atoms with E-state index in [0.29, 0.717) is 27.1 Å². The number of nitrogens with zero attached hydrogens (tertiary/aromatic N) is 4. The second kappa shape index (κ2) is 4.44. The zero-order valence-corrected chi connectivity index (χ0v) is 11.1. The van der Waals surface area contributed by atoms with Gasteiger partial charge in [-0.3, -0.25) is 4.40 Å². The number of rotatable bonds is 1. The predicted molar refractivity (Wildman–Crippen MR) is 70.8 cm³/mol. The largest absolute Gasteiger partial charge is 0.281 e. The van der Waals surface area contributed by atoms with Crippen LogP contribution in [0.1, 0.15) is 5.56 Å². The molecule has 0 aliphatic heterocycles. The molecule has 0 saturated heterocycles. The first-order valence-electron chi connectivity index (χ1n) is 5.39. The molecule has 0 spiro atoms. The number of pyridine rings is 1. The van der Waals surface area contributed by atoms with E-state index in [9.17, 15) is 4.39 Å². The van der Waals surface area contributed by atoms with E-state index in [1.54, 1.807) is 28.8 Å². The van der Waals surface area contributed by atoms with Gasteiger partial charge >= 0.3 is 0 Å². The Balaban J connectivity index is 2.28. The van der Waals surface area contributed by atoms with Gasteiger partial charge < -0.3 is 0 Å². The van der Waals surface area contributed by atoms with E-state index < -0.39 is 0 Å². The molecule has 2 aromatic heterocycles. The average molecular weight is 317 g/mol. The van der Waals surface area contributed by atoms with Crippen LogP contribution in [0, 0.1) is 17.1 Å². The van der Waals surface area contributed by atoms with Crippen LogP contribution < -0.4 is 0 Å². The Morgan fingerprint density at radius 2 is 2.05 bits per heavy atom. The molecule has 0 bridgehead atoms. The van der Waals surface area contributed by atoms with Gasteiger partial charge in [0.15, 0.2) is 11.5 Å². The minimum Gasteiger partial charge on any atom is -0.281 e. The number of hydrogen-bond donors (Lipinski definition) is 0. The van der Waals surface area contributed by atoms with Crippen molar-refractivity contribution in [2.24, 2.45) is 0 Å². The fraction of sp³-hybridized carbons (Fsp3) is 0. The third kappa shape index (κ3) is 1.98. The highest BCUT2D eigenvalue weighted by atomic mass is 79.9. The van der Waals surface area contributed by atoms with Crippen molar-refractivity contribution in [3.63, 3.8) is 0 Å². The second-order valence-corrected chi connectivity index (χ2v) is 4.76. The van der Waals surface area contributed by atoms with Crippen LogP contribution in [0.2, 0.25) is 0 Å². The Morgan fingerprint density at radius 1 is 1.21 bits per heavy atom. The standard InChI is InChI=1S/C13H6BrFN4/c14-11-5-9(15)2-3-10(11)13-18-17-12-4-1-8(6-16)7-19(12)13/h1-5,7H. The summed E-state index contributed by atoms with van der Waals surface area (Å²) in [6.07, 6.45) is 1.65. The number of benzene rings is 1.